The van der Waals surface area contributed by atoms with Crippen molar-refractivity contribution in [3.05, 3.63) is 133 Å². The predicted octanol–water partition coefficient (Wildman–Crippen LogP) is -8.03. The van der Waals surface area contributed by atoms with E-state index in [2.05, 4.69) is 36.0 Å². The standard InChI is InChI=1S/C43H29N7O16S4.5Na/c51-41-33(43(53)54)18-25(19-39(41)70(64,65)66)45-46-34-12-14-36(31-20-26(67(55,56)57)7-10-29(31)34)47-48-37-15-13-35(30-11-8-27(21-32(30)37)68(58,59)60)49-50-40-38(69(61,62)63)17-22-16-24(6-9-28(22)42(40)52)44-23-4-2-1-3-5-23;;;;;/h1-21,44,51-52H,(H,53,54)(H,55,56,57)(H,58,59,60)(H,61,62,63)(H,64,65,66);;;;;/q;5*+1/p-5. The van der Waals surface area contributed by atoms with Gasteiger partial charge in [0, 0.05) is 32.9 Å². The Hall–Kier alpha value is -3.15. The van der Waals surface area contributed by atoms with Gasteiger partial charge in [-0.15, -0.1) is 25.6 Å². The first-order valence-electron chi connectivity index (χ1n) is 19.3. The number of carbonyl (C=O) groups is 1. The van der Waals surface area contributed by atoms with Crippen LogP contribution in [0.3, 0.4) is 0 Å². The zero-order chi connectivity index (χ0) is 50.5. The molecule has 0 fully saturated rings. The number of nitrogens with zero attached hydrogens (tertiary/aromatic N) is 6. The average molecular weight is 1140 g/mol. The third-order valence-corrected chi connectivity index (χ3v) is 13.6. The van der Waals surface area contributed by atoms with E-state index in [0.29, 0.717) is 23.5 Å². The van der Waals surface area contributed by atoms with Gasteiger partial charge in [-0.2, -0.15) is 21.9 Å². The van der Waals surface area contributed by atoms with E-state index in [0.717, 1.165) is 42.5 Å². The molecule has 0 aromatic heterocycles. The molecule has 3 N–H and O–H groups in total. The van der Waals surface area contributed by atoms with E-state index in [9.17, 15) is 72.0 Å². The first-order chi connectivity index (χ1) is 32.9. The Morgan fingerprint density at radius 2 is 0.907 bits per heavy atom. The number of rotatable bonds is 13. The first-order valence-corrected chi connectivity index (χ1v) is 25.0. The molecule has 0 saturated carbocycles. The molecule has 0 radical (unpaired) electrons. The second-order valence-electron chi connectivity index (χ2n) is 14.7. The van der Waals surface area contributed by atoms with Crippen LogP contribution >= 0.6 is 0 Å². The summed E-state index contributed by atoms with van der Waals surface area (Å²) in [7, 11) is -20.6. The van der Waals surface area contributed by atoms with E-state index in [1.165, 1.54) is 36.4 Å². The van der Waals surface area contributed by atoms with Crippen LogP contribution in [0.5, 0.6) is 11.5 Å². The van der Waals surface area contributed by atoms with Gasteiger partial charge < -0.3 is 34.5 Å². The number of fused-ring (bicyclic) bond motifs is 3. The number of hydrogen-bond donors (Lipinski definition) is 3. The second-order valence-corrected chi connectivity index (χ2v) is 20.2. The Bertz CT molecular complexity index is 4130. The molecule has 8 rings (SSSR count). The summed E-state index contributed by atoms with van der Waals surface area (Å²) in [4.78, 5) is 7.80. The number of azo groups is 3. The fourth-order valence-corrected chi connectivity index (χ4v) is 9.22. The van der Waals surface area contributed by atoms with E-state index >= 15 is 0 Å². The molecule has 0 unspecified atom stereocenters. The van der Waals surface area contributed by atoms with Crippen LogP contribution in [0.15, 0.2) is 178 Å². The molecule has 8 aromatic rings. The van der Waals surface area contributed by atoms with Gasteiger partial charge in [0.25, 0.3) is 20.2 Å². The minimum absolute atomic E-state index is 0. The Kier molecular flexibility index (Phi) is 23.1. The number of para-hydroxylation sites is 1. The Morgan fingerprint density at radius 1 is 0.453 bits per heavy atom. The Labute approximate surface area is 536 Å². The van der Waals surface area contributed by atoms with Crippen LogP contribution in [-0.2, 0) is 40.5 Å². The van der Waals surface area contributed by atoms with Crippen LogP contribution in [0.25, 0.3) is 32.3 Å². The summed E-state index contributed by atoms with van der Waals surface area (Å²) < 4.78 is 141. The number of benzene rings is 8. The summed E-state index contributed by atoms with van der Waals surface area (Å²) in [6.07, 6.45) is 0. The van der Waals surface area contributed by atoms with Crippen LogP contribution in [-0.4, -0.2) is 57.9 Å². The molecule has 32 heteroatoms. The van der Waals surface area contributed by atoms with Gasteiger partial charge in [0.05, 0.1) is 54.8 Å². The number of carboxylic acids is 1. The molecule has 23 nitrogen and oxygen atoms in total. The molecule has 8 aromatic carbocycles. The number of hydrogen-bond acceptors (Lipinski definition) is 21. The number of nitrogens with one attached hydrogen (secondary N) is 1. The molecule has 0 spiro atoms. The molecular weight excluding hydrogens is 1110 g/mol. The van der Waals surface area contributed by atoms with E-state index in [1.54, 1.807) is 36.4 Å². The molecule has 0 amide bonds. The molecule has 0 aliphatic heterocycles. The van der Waals surface area contributed by atoms with Gasteiger partial charge in [0.2, 0.25) is 0 Å². The smallest absolute Gasteiger partial charge is 0.871 e. The summed E-state index contributed by atoms with van der Waals surface area (Å²) in [5, 5.41) is 64.7. The van der Waals surface area contributed by atoms with Gasteiger partial charge >= 0.3 is 148 Å². The maximum atomic E-state index is 13.8. The van der Waals surface area contributed by atoms with Crippen molar-refractivity contribution >= 4 is 124 Å². The van der Waals surface area contributed by atoms with Crippen molar-refractivity contribution in [1.82, 2.24) is 0 Å². The van der Waals surface area contributed by atoms with Crippen molar-refractivity contribution in [2.75, 3.05) is 5.32 Å². The average Bonchev–Trinajstić information content (AvgIpc) is 3.29. The maximum Gasteiger partial charge on any atom is 1.00 e. The topological polar surface area (TPSA) is 396 Å². The zero-order valence-electron chi connectivity index (χ0n) is 39.6. The third kappa shape index (κ3) is 15.2. The minimum Gasteiger partial charge on any atom is -0.871 e. The number of carbonyl (C=O) groups excluding carboxylic acids is 1. The van der Waals surface area contributed by atoms with Crippen LogP contribution in [0.1, 0.15) is 10.4 Å². The second kappa shape index (κ2) is 26.2. The van der Waals surface area contributed by atoms with Crippen LogP contribution in [0.4, 0.5) is 45.5 Å². The largest absolute Gasteiger partial charge is 1.00 e. The van der Waals surface area contributed by atoms with E-state index in [1.807, 2.05) is 0 Å². The molecule has 0 aliphatic carbocycles. The van der Waals surface area contributed by atoms with Crippen LogP contribution in [0.2, 0.25) is 0 Å². The SMILES string of the molecule is O=C([O-])c1cc(N=Nc2ccc(N=Nc3ccc(N=Nc4c(S(=O)(=O)O)cc5cc(Nc6ccccc6)ccc5c4[O-])c4ccc(S(=O)(=O)[O-])cc34)c3cc(S(=O)(=O)[O-])ccc23)cc(S(=O)(=O)O)c1[O-].[Na+].[Na+].[Na+].[Na+].[Na+]. The molecule has 75 heavy (non-hydrogen) atoms. The quantitative estimate of drug-likeness (QED) is 0.0548. The van der Waals surface area contributed by atoms with Gasteiger partial charge in [0.15, 0.2) is 0 Å². The number of anilines is 2. The van der Waals surface area contributed by atoms with E-state index in [-0.39, 0.29) is 203 Å². The summed E-state index contributed by atoms with van der Waals surface area (Å²) in [5.74, 6) is -4.63. The van der Waals surface area contributed by atoms with Crippen molar-refractivity contribution in [2.45, 2.75) is 19.6 Å². The first kappa shape index (κ1) is 66.1. The molecule has 0 saturated heterocycles. The number of aromatic carboxylic acids is 1. The monoisotopic (exact) mass is 1140 g/mol. The molecular formula is C43H24N7Na5O16S4. The van der Waals surface area contributed by atoms with Gasteiger partial charge in [0.1, 0.15) is 25.1 Å². The summed E-state index contributed by atoms with van der Waals surface area (Å²) in [5.41, 5.74) is -1.98. The van der Waals surface area contributed by atoms with Crippen molar-refractivity contribution < 1.29 is 220 Å². The third-order valence-electron chi connectivity index (χ3n) is 10.2. The van der Waals surface area contributed by atoms with Crippen molar-refractivity contribution in [3.8, 4) is 11.5 Å². The number of carboxylic acid groups (broad SMARTS) is 1. The molecule has 0 aliphatic rings. The van der Waals surface area contributed by atoms with Gasteiger partial charge in [-0.3, -0.25) is 9.11 Å². The van der Waals surface area contributed by atoms with E-state index < -0.39 is 94.5 Å². The van der Waals surface area contributed by atoms with Crippen molar-refractivity contribution in [1.29, 1.82) is 0 Å². The van der Waals surface area contributed by atoms with Crippen LogP contribution < -0.4 is 168 Å². The van der Waals surface area contributed by atoms with Crippen LogP contribution in [0, 0.1) is 0 Å². The normalized spacial score (nSPS) is 11.9. The predicted molar refractivity (Wildman–Crippen MR) is 239 cm³/mol. The van der Waals surface area contributed by atoms with Crippen molar-refractivity contribution in [3.63, 3.8) is 0 Å². The van der Waals surface area contributed by atoms with Gasteiger partial charge in [-0.05, 0) is 107 Å². The van der Waals surface area contributed by atoms with Gasteiger partial charge in [-0.25, -0.2) is 16.8 Å². The fraction of sp³-hybridized carbons (Fsp3) is 0. The molecule has 0 bridgehead atoms. The van der Waals surface area contributed by atoms with E-state index in [4.69, 9.17) is 0 Å². The zero-order valence-corrected chi connectivity index (χ0v) is 52.8. The summed E-state index contributed by atoms with van der Waals surface area (Å²) in [6.45, 7) is 0. The Morgan fingerprint density at radius 3 is 1.37 bits per heavy atom. The minimum atomic E-state index is -5.26. The molecule has 0 heterocycles. The summed E-state index contributed by atoms with van der Waals surface area (Å²) >= 11 is 0. The summed E-state index contributed by atoms with van der Waals surface area (Å²) in [6, 6.07) is 26.3. The molecule has 0 atom stereocenters. The maximum absolute atomic E-state index is 13.8. The fourth-order valence-electron chi connectivity index (χ4n) is 6.96. The molecule has 356 valence electrons. The van der Waals surface area contributed by atoms with Crippen molar-refractivity contribution in [2.24, 2.45) is 30.7 Å². The van der Waals surface area contributed by atoms with Gasteiger partial charge in [-0.1, -0.05) is 47.9 Å². The Balaban J connectivity index is 0.00000296.